The molecule has 0 saturated carbocycles. The van der Waals surface area contributed by atoms with Crippen LogP contribution in [0.5, 0.6) is 5.88 Å². The summed E-state index contributed by atoms with van der Waals surface area (Å²) < 4.78 is 68.2. The Morgan fingerprint density at radius 3 is 2.64 bits per heavy atom. The Morgan fingerprint density at radius 1 is 1.32 bits per heavy atom. The first-order valence-electron chi connectivity index (χ1n) is 6.85. The number of aromatic nitrogens is 2. The standard InChI is InChI=1S/C14H14F3N3O4S/c1-24-12-6-9(7-21)18-11(19-12)5-8-3-2-4-10(15)13(8)20-25(22,23)14(16)17/h2-4,6,14,20-21H,5,7H2,1H3. The van der Waals surface area contributed by atoms with Crippen molar-refractivity contribution in [3.05, 3.63) is 47.2 Å². The zero-order valence-corrected chi connectivity index (χ0v) is 13.7. The van der Waals surface area contributed by atoms with Gasteiger partial charge in [-0.25, -0.2) is 17.8 Å². The summed E-state index contributed by atoms with van der Waals surface area (Å²) in [5.74, 6) is -4.51. The number of sulfonamides is 1. The second kappa shape index (κ2) is 7.66. The molecule has 1 heterocycles. The molecule has 11 heteroatoms. The third-order valence-corrected chi connectivity index (χ3v) is 4.06. The molecule has 0 unspecified atom stereocenters. The predicted molar refractivity (Wildman–Crippen MR) is 82.3 cm³/mol. The van der Waals surface area contributed by atoms with Gasteiger partial charge in [-0.05, 0) is 11.6 Å². The number of aliphatic hydroxyl groups excluding tert-OH is 1. The molecule has 0 fully saturated rings. The molecule has 7 nitrogen and oxygen atoms in total. The first-order valence-corrected chi connectivity index (χ1v) is 8.40. The van der Waals surface area contributed by atoms with Crippen LogP contribution in [0.2, 0.25) is 0 Å². The molecule has 1 aromatic heterocycles. The molecule has 0 amide bonds. The fraction of sp³-hybridized carbons (Fsp3) is 0.286. The SMILES string of the molecule is COc1cc(CO)nc(Cc2cccc(F)c2NS(=O)(=O)C(F)F)n1. The van der Waals surface area contributed by atoms with Gasteiger partial charge in [-0.1, -0.05) is 12.1 Å². The molecular weight excluding hydrogens is 363 g/mol. The summed E-state index contributed by atoms with van der Waals surface area (Å²) in [4.78, 5) is 8.01. The van der Waals surface area contributed by atoms with E-state index in [2.05, 4.69) is 9.97 Å². The number of methoxy groups -OCH3 is 1. The second-order valence-corrected chi connectivity index (χ2v) is 6.48. The van der Waals surface area contributed by atoms with Gasteiger partial charge in [-0.15, -0.1) is 0 Å². The van der Waals surface area contributed by atoms with Crippen LogP contribution in [-0.2, 0) is 23.1 Å². The predicted octanol–water partition coefficient (Wildman–Crippen LogP) is 1.67. The van der Waals surface area contributed by atoms with Crippen LogP contribution >= 0.6 is 0 Å². The molecule has 2 rings (SSSR count). The molecule has 0 spiro atoms. The molecule has 0 saturated heterocycles. The highest BCUT2D eigenvalue weighted by atomic mass is 32.2. The number of alkyl halides is 2. The van der Waals surface area contributed by atoms with Crippen LogP contribution in [-0.4, -0.2) is 36.4 Å². The summed E-state index contributed by atoms with van der Waals surface area (Å²) >= 11 is 0. The van der Waals surface area contributed by atoms with E-state index in [0.29, 0.717) is 0 Å². The van der Waals surface area contributed by atoms with E-state index in [1.807, 2.05) is 0 Å². The zero-order valence-electron chi connectivity index (χ0n) is 12.9. The van der Waals surface area contributed by atoms with Crippen LogP contribution in [0.25, 0.3) is 0 Å². The van der Waals surface area contributed by atoms with Crippen molar-refractivity contribution in [2.45, 2.75) is 18.8 Å². The van der Waals surface area contributed by atoms with E-state index in [0.717, 1.165) is 6.07 Å². The maximum Gasteiger partial charge on any atom is 0.355 e. The molecule has 1 aromatic carbocycles. The molecule has 2 N–H and O–H groups in total. The van der Waals surface area contributed by atoms with E-state index < -0.39 is 33.9 Å². The Kier molecular flexibility index (Phi) is 5.80. The van der Waals surface area contributed by atoms with Gasteiger partial charge in [0.2, 0.25) is 5.88 Å². The average Bonchev–Trinajstić information content (AvgIpc) is 2.57. The molecule has 0 radical (unpaired) electrons. The normalized spacial score (nSPS) is 11.6. The third-order valence-electron chi connectivity index (χ3n) is 3.10. The Hall–Kier alpha value is -2.40. The fourth-order valence-electron chi connectivity index (χ4n) is 1.98. The van der Waals surface area contributed by atoms with Crippen LogP contribution in [0.4, 0.5) is 18.9 Å². The second-order valence-electron chi connectivity index (χ2n) is 4.83. The average molecular weight is 377 g/mol. The van der Waals surface area contributed by atoms with Gasteiger partial charge in [-0.2, -0.15) is 13.8 Å². The highest BCUT2D eigenvalue weighted by Crippen LogP contribution is 2.25. The van der Waals surface area contributed by atoms with Gasteiger partial charge in [0.1, 0.15) is 11.6 Å². The van der Waals surface area contributed by atoms with Gasteiger partial charge in [0.25, 0.3) is 10.0 Å². The summed E-state index contributed by atoms with van der Waals surface area (Å²) in [6.45, 7) is -0.403. The third kappa shape index (κ3) is 4.57. The number of aliphatic hydroxyl groups is 1. The molecule has 0 bridgehead atoms. The molecule has 0 atom stereocenters. The molecule has 136 valence electrons. The van der Waals surface area contributed by atoms with Gasteiger partial charge >= 0.3 is 5.76 Å². The zero-order chi connectivity index (χ0) is 18.6. The van der Waals surface area contributed by atoms with Gasteiger partial charge in [0.05, 0.1) is 25.1 Å². The monoisotopic (exact) mass is 377 g/mol. The quantitative estimate of drug-likeness (QED) is 0.761. The van der Waals surface area contributed by atoms with Crippen molar-refractivity contribution < 1.29 is 31.4 Å². The number of hydrogen-bond acceptors (Lipinski definition) is 6. The van der Waals surface area contributed by atoms with Gasteiger partial charge in [0, 0.05) is 12.5 Å². The van der Waals surface area contributed by atoms with E-state index in [-0.39, 0.29) is 29.4 Å². The first kappa shape index (κ1) is 18.9. The van der Waals surface area contributed by atoms with Crippen LogP contribution in [0.1, 0.15) is 17.1 Å². The Morgan fingerprint density at radius 2 is 2.04 bits per heavy atom. The van der Waals surface area contributed by atoms with E-state index >= 15 is 0 Å². The van der Waals surface area contributed by atoms with Crippen LogP contribution < -0.4 is 9.46 Å². The molecule has 2 aromatic rings. The van der Waals surface area contributed by atoms with Crippen molar-refractivity contribution >= 4 is 15.7 Å². The van der Waals surface area contributed by atoms with E-state index in [1.54, 1.807) is 4.72 Å². The lowest BCUT2D eigenvalue weighted by molar-refractivity contribution is 0.236. The van der Waals surface area contributed by atoms with Crippen LogP contribution in [0.15, 0.2) is 24.3 Å². The van der Waals surface area contributed by atoms with Crippen molar-refractivity contribution in [3.63, 3.8) is 0 Å². The fourth-order valence-corrected chi connectivity index (χ4v) is 2.58. The lowest BCUT2D eigenvalue weighted by Crippen LogP contribution is -2.22. The topological polar surface area (TPSA) is 101 Å². The maximum atomic E-state index is 14.0. The summed E-state index contributed by atoms with van der Waals surface area (Å²) in [6.07, 6.45) is -0.178. The van der Waals surface area contributed by atoms with Gasteiger partial charge < -0.3 is 9.84 Å². The first-order chi connectivity index (χ1) is 11.8. The number of halogens is 3. The lowest BCUT2D eigenvalue weighted by atomic mass is 10.1. The Balaban J connectivity index is 2.43. The number of benzene rings is 1. The summed E-state index contributed by atoms with van der Waals surface area (Å²) in [6, 6.07) is 4.94. The van der Waals surface area contributed by atoms with Crippen molar-refractivity contribution in [1.29, 1.82) is 0 Å². The highest BCUT2D eigenvalue weighted by Gasteiger charge is 2.26. The minimum absolute atomic E-state index is 0.0429. The molecule has 25 heavy (non-hydrogen) atoms. The number of para-hydroxylation sites is 1. The minimum atomic E-state index is -5.04. The van der Waals surface area contributed by atoms with E-state index in [9.17, 15) is 26.7 Å². The van der Waals surface area contributed by atoms with Crippen LogP contribution in [0.3, 0.4) is 0 Å². The molecule has 0 aliphatic heterocycles. The molecular formula is C14H14F3N3O4S. The van der Waals surface area contributed by atoms with E-state index in [1.165, 1.54) is 25.3 Å². The minimum Gasteiger partial charge on any atom is -0.481 e. The highest BCUT2D eigenvalue weighted by molar-refractivity contribution is 7.93. The van der Waals surface area contributed by atoms with Crippen LogP contribution in [0, 0.1) is 5.82 Å². The number of anilines is 1. The number of hydrogen-bond donors (Lipinski definition) is 2. The summed E-state index contributed by atoms with van der Waals surface area (Å²) in [5, 5.41) is 9.18. The molecule has 0 aliphatic rings. The summed E-state index contributed by atoms with van der Waals surface area (Å²) in [5.41, 5.74) is -0.339. The van der Waals surface area contributed by atoms with Crippen molar-refractivity contribution in [1.82, 2.24) is 9.97 Å². The number of nitrogens with zero attached hydrogens (tertiary/aromatic N) is 2. The van der Waals surface area contributed by atoms with Crippen molar-refractivity contribution in [3.8, 4) is 5.88 Å². The smallest absolute Gasteiger partial charge is 0.355 e. The lowest BCUT2D eigenvalue weighted by Gasteiger charge is -2.13. The maximum absolute atomic E-state index is 14.0. The van der Waals surface area contributed by atoms with E-state index in [4.69, 9.17) is 4.74 Å². The summed E-state index contributed by atoms with van der Waals surface area (Å²) in [7, 11) is -3.70. The Labute approximate surface area is 141 Å². The number of ether oxygens (including phenoxy) is 1. The van der Waals surface area contributed by atoms with Crippen molar-refractivity contribution in [2.75, 3.05) is 11.8 Å². The Bertz CT molecular complexity index is 840. The number of rotatable bonds is 7. The van der Waals surface area contributed by atoms with Gasteiger partial charge in [0.15, 0.2) is 0 Å². The molecule has 0 aliphatic carbocycles. The number of nitrogens with one attached hydrogen (secondary N) is 1. The van der Waals surface area contributed by atoms with Crippen molar-refractivity contribution in [2.24, 2.45) is 0 Å². The van der Waals surface area contributed by atoms with Gasteiger partial charge in [-0.3, -0.25) is 4.72 Å². The largest absolute Gasteiger partial charge is 0.481 e.